The van der Waals surface area contributed by atoms with Crippen molar-refractivity contribution in [2.75, 3.05) is 44.5 Å². The van der Waals surface area contributed by atoms with Crippen LogP contribution in [0.25, 0.3) is 5.82 Å². The lowest BCUT2D eigenvalue weighted by Gasteiger charge is -2.35. The molecule has 0 aliphatic carbocycles. The van der Waals surface area contributed by atoms with Gasteiger partial charge in [0.05, 0.1) is 0 Å². The fourth-order valence-electron chi connectivity index (χ4n) is 3.41. The predicted octanol–water partition coefficient (Wildman–Crippen LogP) is 1.12. The van der Waals surface area contributed by atoms with Gasteiger partial charge in [-0.3, -0.25) is 9.36 Å². The van der Waals surface area contributed by atoms with E-state index < -0.39 is 0 Å². The van der Waals surface area contributed by atoms with Crippen LogP contribution in [0, 0.1) is 0 Å². The minimum Gasteiger partial charge on any atom is -0.484 e. The summed E-state index contributed by atoms with van der Waals surface area (Å²) in [6.45, 7) is 2.78. The summed E-state index contributed by atoms with van der Waals surface area (Å²) in [5, 5.41) is 8.56. The number of ether oxygens (including phenoxy) is 3. The lowest BCUT2D eigenvalue weighted by atomic mass is 10.3. The van der Waals surface area contributed by atoms with Gasteiger partial charge in [-0.05, 0) is 24.3 Å². The average molecular weight is 408 g/mol. The molecule has 10 nitrogen and oxygen atoms in total. The van der Waals surface area contributed by atoms with Gasteiger partial charge in [-0.15, -0.1) is 10.2 Å². The standard InChI is InChI=1S/C20H20N6O4/c27-20(12-28-15-1-2-16-17(11-15)30-14-29-16)25-9-7-24(8-10-25)18-3-4-19(23-22-18)26-6-5-21-13-26/h1-6,11,13H,7-10,12,14H2. The Labute approximate surface area is 172 Å². The first-order chi connectivity index (χ1) is 14.8. The molecular weight excluding hydrogens is 388 g/mol. The number of rotatable bonds is 5. The van der Waals surface area contributed by atoms with Crippen molar-refractivity contribution in [3.05, 3.63) is 49.1 Å². The third kappa shape index (κ3) is 3.71. The van der Waals surface area contributed by atoms with Crippen molar-refractivity contribution in [1.29, 1.82) is 0 Å². The molecule has 0 radical (unpaired) electrons. The van der Waals surface area contributed by atoms with Crippen molar-refractivity contribution in [1.82, 2.24) is 24.6 Å². The molecule has 2 aliphatic rings. The molecule has 3 aromatic rings. The smallest absolute Gasteiger partial charge is 0.260 e. The third-order valence-electron chi connectivity index (χ3n) is 5.07. The van der Waals surface area contributed by atoms with Crippen LogP contribution in [0.4, 0.5) is 5.82 Å². The Morgan fingerprint density at radius 1 is 1.00 bits per heavy atom. The number of imidazole rings is 1. The van der Waals surface area contributed by atoms with E-state index in [1.165, 1.54) is 0 Å². The van der Waals surface area contributed by atoms with Crippen molar-refractivity contribution in [2.24, 2.45) is 0 Å². The molecule has 0 unspecified atom stereocenters. The highest BCUT2D eigenvalue weighted by Crippen LogP contribution is 2.35. The summed E-state index contributed by atoms with van der Waals surface area (Å²) in [6, 6.07) is 9.12. The highest BCUT2D eigenvalue weighted by atomic mass is 16.7. The van der Waals surface area contributed by atoms with Gasteiger partial charge in [-0.1, -0.05) is 0 Å². The van der Waals surface area contributed by atoms with Gasteiger partial charge in [0.2, 0.25) is 6.79 Å². The van der Waals surface area contributed by atoms with Crippen molar-refractivity contribution in [2.45, 2.75) is 0 Å². The Balaban J connectivity index is 1.12. The fourth-order valence-corrected chi connectivity index (χ4v) is 3.41. The number of benzene rings is 1. The zero-order chi connectivity index (χ0) is 20.3. The van der Waals surface area contributed by atoms with Gasteiger partial charge < -0.3 is 24.0 Å². The summed E-state index contributed by atoms with van der Waals surface area (Å²) in [6.07, 6.45) is 5.20. The van der Waals surface area contributed by atoms with Crippen LogP contribution in [0.1, 0.15) is 0 Å². The van der Waals surface area contributed by atoms with Gasteiger partial charge >= 0.3 is 0 Å². The minimum absolute atomic E-state index is 0.0148. The molecule has 0 spiro atoms. The zero-order valence-corrected chi connectivity index (χ0v) is 16.2. The molecule has 0 atom stereocenters. The zero-order valence-electron chi connectivity index (χ0n) is 16.2. The lowest BCUT2D eigenvalue weighted by molar-refractivity contribution is -0.133. The first-order valence-corrected chi connectivity index (χ1v) is 9.63. The van der Waals surface area contributed by atoms with Gasteiger partial charge in [0.15, 0.2) is 29.7 Å². The number of anilines is 1. The number of nitrogens with zero attached hydrogens (tertiary/aromatic N) is 6. The van der Waals surface area contributed by atoms with Gasteiger partial charge in [-0.2, -0.15) is 0 Å². The molecule has 2 aliphatic heterocycles. The van der Waals surface area contributed by atoms with Crippen LogP contribution in [0.5, 0.6) is 17.2 Å². The van der Waals surface area contributed by atoms with Gasteiger partial charge in [0.25, 0.3) is 5.91 Å². The second kappa shape index (κ2) is 7.90. The predicted molar refractivity (Wildman–Crippen MR) is 106 cm³/mol. The molecule has 10 heteroatoms. The van der Waals surface area contributed by atoms with E-state index in [1.807, 2.05) is 18.3 Å². The molecule has 154 valence electrons. The second-order valence-corrected chi connectivity index (χ2v) is 6.89. The quantitative estimate of drug-likeness (QED) is 0.620. The van der Waals surface area contributed by atoms with E-state index >= 15 is 0 Å². The Morgan fingerprint density at radius 3 is 2.57 bits per heavy atom. The number of fused-ring (bicyclic) bond motifs is 1. The topological polar surface area (TPSA) is 94.8 Å². The second-order valence-electron chi connectivity index (χ2n) is 6.89. The Morgan fingerprint density at radius 2 is 1.80 bits per heavy atom. The normalized spacial score (nSPS) is 15.3. The summed E-state index contributed by atoms with van der Waals surface area (Å²) in [5.41, 5.74) is 0. The number of hydrogen-bond acceptors (Lipinski definition) is 8. The maximum Gasteiger partial charge on any atom is 0.260 e. The molecule has 2 aromatic heterocycles. The summed E-state index contributed by atoms with van der Waals surface area (Å²) in [4.78, 5) is 20.4. The summed E-state index contributed by atoms with van der Waals surface area (Å²) in [7, 11) is 0. The van der Waals surface area contributed by atoms with Crippen molar-refractivity contribution in [3.8, 4) is 23.1 Å². The van der Waals surface area contributed by atoms with Crippen LogP contribution in [-0.2, 0) is 4.79 Å². The largest absolute Gasteiger partial charge is 0.484 e. The molecule has 5 rings (SSSR count). The molecule has 1 saturated heterocycles. The Hall–Kier alpha value is -3.82. The first-order valence-electron chi connectivity index (χ1n) is 9.63. The van der Waals surface area contributed by atoms with E-state index in [4.69, 9.17) is 14.2 Å². The molecule has 30 heavy (non-hydrogen) atoms. The van der Waals surface area contributed by atoms with E-state index in [0.717, 1.165) is 5.82 Å². The maximum absolute atomic E-state index is 12.5. The molecule has 1 aromatic carbocycles. The van der Waals surface area contributed by atoms with Crippen LogP contribution in [0.3, 0.4) is 0 Å². The van der Waals surface area contributed by atoms with Crippen molar-refractivity contribution in [3.63, 3.8) is 0 Å². The van der Waals surface area contributed by atoms with E-state index in [0.29, 0.717) is 49.2 Å². The molecule has 1 fully saturated rings. The van der Waals surface area contributed by atoms with Gasteiger partial charge in [-0.25, -0.2) is 4.98 Å². The van der Waals surface area contributed by atoms with Crippen molar-refractivity contribution < 1.29 is 19.0 Å². The molecule has 0 saturated carbocycles. The lowest BCUT2D eigenvalue weighted by Crippen LogP contribution is -2.50. The van der Waals surface area contributed by atoms with E-state index in [-0.39, 0.29) is 19.3 Å². The van der Waals surface area contributed by atoms with Gasteiger partial charge in [0.1, 0.15) is 12.1 Å². The van der Waals surface area contributed by atoms with E-state index in [9.17, 15) is 4.79 Å². The molecule has 4 heterocycles. The van der Waals surface area contributed by atoms with Crippen LogP contribution in [0.15, 0.2) is 49.1 Å². The number of piperazine rings is 1. The van der Waals surface area contributed by atoms with Crippen LogP contribution >= 0.6 is 0 Å². The third-order valence-corrected chi connectivity index (χ3v) is 5.07. The number of amides is 1. The number of hydrogen-bond donors (Lipinski definition) is 0. The van der Waals surface area contributed by atoms with Crippen LogP contribution in [0.2, 0.25) is 0 Å². The van der Waals surface area contributed by atoms with Gasteiger partial charge in [0, 0.05) is 44.6 Å². The maximum atomic E-state index is 12.5. The summed E-state index contributed by atoms with van der Waals surface area (Å²) >= 11 is 0. The molecule has 1 amide bonds. The molecule has 0 N–H and O–H groups in total. The highest BCUT2D eigenvalue weighted by molar-refractivity contribution is 5.78. The average Bonchev–Trinajstić information content (AvgIpc) is 3.49. The number of carbonyl (C=O) groups is 1. The fraction of sp³-hybridized carbons (Fsp3) is 0.300. The van der Waals surface area contributed by atoms with Crippen molar-refractivity contribution >= 4 is 11.7 Å². The monoisotopic (exact) mass is 408 g/mol. The number of carbonyl (C=O) groups excluding carboxylic acids is 1. The Bertz CT molecular complexity index is 1020. The van der Waals surface area contributed by atoms with Crippen LogP contribution < -0.4 is 19.1 Å². The molecular formula is C20H20N6O4. The minimum atomic E-state index is -0.0474. The Kier molecular flexibility index (Phi) is 4.80. The highest BCUT2D eigenvalue weighted by Gasteiger charge is 2.23. The van der Waals surface area contributed by atoms with Crippen LogP contribution in [-0.4, -0.2) is 70.1 Å². The van der Waals surface area contributed by atoms with E-state index in [1.54, 1.807) is 40.2 Å². The molecule has 0 bridgehead atoms. The first kappa shape index (κ1) is 18.2. The SMILES string of the molecule is O=C(COc1ccc2c(c1)OCO2)N1CCN(c2ccc(-n3ccnc3)nn2)CC1. The summed E-state index contributed by atoms with van der Waals surface area (Å²) in [5.74, 6) is 3.36. The van der Waals surface area contributed by atoms with E-state index in [2.05, 4.69) is 20.1 Å². The summed E-state index contributed by atoms with van der Waals surface area (Å²) < 4.78 is 18.0. The number of aromatic nitrogens is 4.